The van der Waals surface area contributed by atoms with Gasteiger partial charge in [0.25, 0.3) is 0 Å². The van der Waals surface area contributed by atoms with Crippen molar-refractivity contribution in [3.8, 4) is 10.4 Å². The number of hydrogen-bond acceptors (Lipinski definition) is 4. The van der Waals surface area contributed by atoms with Crippen LogP contribution >= 0.6 is 11.3 Å². The Morgan fingerprint density at radius 2 is 2.22 bits per heavy atom. The average molecular weight is 261 g/mol. The van der Waals surface area contributed by atoms with Crippen LogP contribution in [0.1, 0.15) is 19.5 Å². The van der Waals surface area contributed by atoms with E-state index in [4.69, 9.17) is 0 Å². The van der Waals surface area contributed by atoms with Gasteiger partial charge in [0.1, 0.15) is 0 Å². The van der Waals surface area contributed by atoms with E-state index in [0.717, 1.165) is 16.1 Å². The third-order valence-electron chi connectivity index (χ3n) is 2.47. The summed E-state index contributed by atoms with van der Waals surface area (Å²) in [5.74, 6) is -0.0578. The molecule has 0 aliphatic heterocycles. The first-order chi connectivity index (χ1) is 8.58. The molecule has 4 nitrogen and oxygen atoms in total. The maximum absolute atomic E-state index is 11.6. The van der Waals surface area contributed by atoms with E-state index in [-0.39, 0.29) is 11.8 Å². The Morgan fingerprint density at radius 1 is 1.44 bits per heavy atom. The molecule has 0 aliphatic rings. The van der Waals surface area contributed by atoms with Crippen molar-refractivity contribution < 1.29 is 4.79 Å². The number of rotatable bonds is 3. The van der Waals surface area contributed by atoms with Gasteiger partial charge in [-0.15, -0.1) is 0 Å². The van der Waals surface area contributed by atoms with Crippen LogP contribution < -0.4 is 5.32 Å². The second kappa shape index (κ2) is 5.27. The van der Waals surface area contributed by atoms with Crippen LogP contribution in [0.2, 0.25) is 0 Å². The van der Waals surface area contributed by atoms with E-state index in [2.05, 4.69) is 15.3 Å². The van der Waals surface area contributed by atoms with E-state index < -0.39 is 0 Å². The van der Waals surface area contributed by atoms with Crippen molar-refractivity contribution >= 4 is 22.4 Å². The van der Waals surface area contributed by atoms with Crippen molar-refractivity contribution in [3.05, 3.63) is 30.2 Å². The van der Waals surface area contributed by atoms with Crippen molar-refractivity contribution in [3.63, 3.8) is 0 Å². The molecule has 0 radical (unpaired) electrons. The highest BCUT2D eigenvalue weighted by Gasteiger charge is 2.13. The molecule has 0 saturated carbocycles. The van der Waals surface area contributed by atoms with Crippen LogP contribution in [0, 0.1) is 12.8 Å². The SMILES string of the molecule is Cc1nc(NC(=O)C(C)C)sc1-c1cccnc1. The van der Waals surface area contributed by atoms with Crippen LogP contribution in [-0.2, 0) is 4.79 Å². The number of aromatic nitrogens is 2. The summed E-state index contributed by atoms with van der Waals surface area (Å²) in [5.41, 5.74) is 1.93. The third kappa shape index (κ3) is 2.73. The second-order valence-corrected chi connectivity index (χ2v) is 5.32. The highest BCUT2D eigenvalue weighted by atomic mass is 32.1. The molecule has 0 saturated heterocycles. The first-order valence-corrected chi connectivity index (χ1v) is 6.58. The Morgan fingerprint density at radius 3 is 2.83 bits per heavy atom. The summed E-state index contributed by atoms with van der Waals surface area (Å²) in [5, 5.41) is 3.46. The van der Waals surface area contributed by atoms with Crippen LogP contribution in [0.15, 0.2) is 24.5 Å². The first-order valence-electron chi connectivity index (χ1n) is 5.76. The second-order valence-electron chi connectivity index (χ2n) is 4.32. The van der Waals surface area contributed by atoms with Gasteiger partial charge in [0.2, 0.25) is 5.91 Å². The molecule has 0 spiro atoms. The summed E-state index contributed by atoms with van der Waals surface area (Å²) < 4.78 is 0. The number of carbonyl (C=O) groups is 1. The van der Waals surface area contributed by atoms with Gasteiger partial charge in [-0.1, -0.05) is 31.3 Å². The molecular formula is C13H15N3OS. The fraction of sp³-hybridized carbons (Fsp3) is 0.308. The molecule has 0 aliphatic carbocycles. The lowest BCUT2D eigenvalue weighted by atomic mass is 10.2. The number of aryl methyl sites for hydroxylation is 1. The average Bonchev–Trinajstić information content (AvgIpc) is 2.71. The van der Waals surface area contributed by atoms with Crippen molar-refractivity contribution in [2.45, 2.75) is 20.8 Å². The molecule has 1 amide bonds. The summed E-state index contributed by atoms with van der Waals surface area (Å²) in [4.78, 5) is 21.1. The molecule has 18 heavy (non-hydrogen) atoms. The minimum atomic E-state index is -0.0453. The molecule has 2 rings (SSSR count). The summed E-state index contributed by atoms with van der Waals surface area (Å²) in [6, 6.07) is 3.88. The summed E-state index contributed by atoms with van der Waals surface area (Å²) in [7, 11) is 0. The minimum Gasteiger partial charge on any atom is -0.302 e. The lowest BCUT2D eigenvalue weighted by Gasteiger charge is -2.03. The van der Waals surface area contributed by atoms with Crippen molar-refractivity contribution in [2.75, 3.05) is 5.32 Å². The molecule has 5 heteroatoms. The van der Waals surface area contributed by atoms with Gasteiger partial charge < -0.3 is 5.32 Å². The number of pyridine rings is 1. The standard InChI is InChI=1S/C13H15N3OS/c1-8(2)12(17)16-13-15-9(3)11(18-13)10-5-4-6-14-7-10/h4-8H,1-3H3,(H,15,16,17). The molecule has 0 fully saturated rings. The van der Waals surface area contributed by atoms with E-state index in [0.29, 0.717) is 5.13 Å². The van der Waals surface area contributed by atoms with Gasteiger partial charge >= 0.3 is 0 Å². The van der Waals surface area contributed by atoms with Crippen LogP contribution in [0.4, 0.5) is 5.13 Å². The fourth-order valence-corrected chi connectivity index (χ4v) is 2.42. The fourth-order valence-electron chi connectivity index (χ4n) is 1.46. The molecule has 0 bridgehead atoms. The number of carbonyl (C=O) groups excluding carboxylic acids is 1. The molecule has 0 unspecified atom stereocenters. The van der Waals surface area contributed by atoms with Crippen molar-refractivity contribution in [2.24, 2.45) is 5.92 Å². The maximum atomic E-state index is 11.6. The normalized spacial score (nSPS) is 10.7. The van der Waals surface area contributed by atoms with Crippen LogP contribution in [0.25, 0.3) is 10.4 Å². The molecule has 2 heterocycles. The Labute approximate surface area is 110 Å². The zero-order valence-corrected chi connectivity index (χ0v) is 11.4. The Kier molecular flexibility index (Phi) is 3.72. The molecule has 1 N–H and O–H groups in total. The smallest absolute Gasteiger partial charge is 0.228 e. The van der Waals surface area contributed by atoms with E-state index >= 15 is 0 Å². The lowest BCUT2D eigenvalue weighted by Crippen LogP contribution is -2.17. The number of anilines is 1. The first kappa shape index (κ1) is 12.7. The predicted octanol–water partition coefficient (Wildman–Crippen LogP) is 3.11. The molecular weight excluding hydrogens is 246 g/mol. The topological polar surface area (TPSA) is 54.9 Å². The largest absolute Gasteiger partial charge is 0.302 e. The Hall–Kier alpha value is -1.75. The molecule has 0 aromatic carbocycles. The molecule has 94 valence electrons. The van der Waals surface area contributed by atoms with Gasteiger partial charge in [-0.2, -0.15) is 0 Å². The van der Waals surface area contributed by atoms with Crippen LogP contribution in [0.5, 0.6) is 0 Å². The van der Waals surface area contributed by atoms with Crippen molar-refractivity contribution in [1.29, 1.82) is 0 Å². The lowest BCUT2D eigenvalue weighted by molar-refractivity contribution is -0.118. The van der Waals surface area contributed by atoms with Crippen molar-refractivity contribution in [1.82, 2.24) is 9.97 Å². The summed E-state index contributed by atoms with van der Waals surface area (Å²) >= 11 is 1.48. The quantitative estimate of drug-likeness (QED) is 0.923. The number of hydrogen-bond donors (Lipinski definition) is 1. The highest BCUT2D eigenvalue weighted by molar-refractivity contribution is 7.19. The molecule has 0 atom stereocenters. The summed E-state index contributed by atoms with van der Waals surface area (Å²) in [6.45, 7) is 5.65. The van der Waals surface area contributed by atoms with Gasteiger partial charge in [0.05, 0.1) is 10.6 Å². The third-order valence-corrected chi connectivity index (χ3v) is 3.60. The minimum absolute atomic E-state index is 0.0125. The molecule has 2 aromatic heterocycles. The maximum Gasteiger partial charge on any atom is 0.228 e. The number of nitrogens with zero attached hydrogens (tertiary/aromatic N) is 2. The predicted molar refractivity (Wildman–Crippen MR) is 73.5 cm³/mol. The van der Waals surface area contributed by atoms with Gasteiger partial charge in [0.15, 0.2) is 5.13 Å². The number of amides is 1. The van der Waals surface area contributed by atoms with E-state index in [1.54, 1.807) is 12.4 Å². The highest BCUT2D eigenvalue weighted by Crippen LogP contribution is 2.32. The van der Waals surface area contributed by atoms with Gasteiger partial charge in [-0.25, -0.2) is 4.98 Å². The number of thiazole rings is 1. The van der Waals surface area contributed by atoms with E-state index in [1.807, 2.05) is 32.9 Å². The van der Waals surface area contributed by atoms with Crippen LogP contribution in [-0.4, -0.2) is 15.9 Å². The zero-order valence-electron chi connectivity index (χ0n) is 10.6. The molecule has 2 aromatic rings. The Balaban J connectivity index is 2.25. The van der Waals surface area contributed by atoms with Gasteiger partial charge in [0, 0.05) is 23.9 Å². The van der Waals surface area contributed by atoms with Gasteiger partial charge in [-0.3, -0.25) is 9.78 Å². The number of nitrogens with one attached hydrogen (secondary N) is 1. The Bertz CT molecular complexity index is 549. The van der Waals surface area contributed by atoms with Gasteiger partial charge in [-0.05, 0) is 13.0 Å². The summed E-state index contributed by atoms with van der Waals surface area (Å²) in [6.07, 6.45) is 3.54. The van der Waals surface area contributed by atoms with E-state index in [9.17, 15) is 4.79 Å². The monoisotopic (exact) mass is 261 g/mol. The zero-order chi connectivity index (χ0) is 13.1. The van der Waals surface area contributed by atoms with E-state index in [1.165, 1.54) is 11.3 Å². The van der Waals surface area contributed by atoms with Crippen LogP contribution in [0.3, 0.4) is 0 Å².